The first-order chi connectivity index (χ1) is 17.5. The molecule has 0 bridgehead atoms. The van der Waals surface area contributed by atoms with Gasteiger partial charge >= 0.3 is 0 Å². The molecule has 184 valence electrons. The maximum Gasteiger partial charge on any atom is 0.251 e. The zero-order valence-electron chi connectivity index (χ0n) is 20.7. The summed E-state index contributed by atoms with van der Waals surface area (Å²) in [5.41, 5.74) is 5.70. The summed E-state index contributed by atoms with van der Waals surface area (Å²) in [6, 6.07) is 19.9. The number of carbonyl (C=O) groups is 1. The highest BCUT2D eigenvalue weighted by atomic mass is 16.5. The molecule has 4 heterocycles. The van der Waals surface area contributed by atoms with Crippen molar-refractivity contribution >= 4 is 22.5 Å². The van der Waals surface area contributed by atoms with Crippen molar-refractivity contribution in [3.63, 3.8) is 0 Å². The fraction of sp³-hybridized carbons (Fsp3) is 0.345. The summed E-state index contributed by atoms with van der Waals surface area (Å²) in [7, 11) is 0. The number of rotatable bonds is 7. The number of H-pyrrole nitrogens is 1. The van der Waals surface area contributed by atoms with Gasteiger partial charge in [-0.3, -0.25) is 14.9 Å². The smallest absolute Gasteiger partial charge is 0.251 e. The second kappa shape index (κ2) is 9.06. The molecule has 2 fully saturated rings. The van der Waals surface area contributed by atoms with Crippen molar-refractivity contribution in [1.29, 1.82) is 0 Å². The third kappa shape index (κ3) is 4.03. The number of ether oxygens (including phenoxy) is 1. The van der Waals surface area contributed by atoms with E-state index in [2.05, 4.69) is 63.5 Å². The van der Waals surface area contributed by atoms with Crippen LogP contribution in [0.25, 0.3) is 22.2 Å². The molecule has 7 nitrogen and oxygen atoms in total. The second-order valence-electron chi connectivity index (χ2n) is 10.4. The third-order valence-electron chi connectivity index (χ3n) is 7.45. The average Bonchev–Trinajstić information content (AvgIpc) is 3.26. The van der Waals surface area contributed by atoms with Gasteiger partial charge in [-0.25, -0.2) is 0 Å². The first-order valence-electron chi connectivity index (χ1n) is 12.7. The molecule has 1 spiro atoms. The van der Waals surface area contributed by atoms with E-state index in [-0.39, 0.29) is 17.5 Å². The molecule has 2 saturated heterocycles. The van der Waals surface area contributed by atoms with Gasteiger partial charge in [-0.1, -0.05) is 32.0 Å². The topological polar surface area (TPSA) is 83.1 Å². The monoisotopic (exact) mass is 481 g/mol. The van der Waals surface area contributed by atoms with Gasteiger partial charge in [0.2, 0.25) is 0 Å². The fourth-order valence-electron chi connectivity index (χ4n) is 5.30. The van der Waals surface area contributed by atoms with E-state index in [9.17, 15) is 4.79 Å². The maximum absolute atomic E-state index is 13.3. The van der Waals surface area contributed by atoms with Crippen molar-refractivity contribution in [2.45, 2.75) is 38.3 Å². The van der Waals surface area contributed by atoms with Gasteiger partial charge in [0.1, 0.15) is 0 Å². The Morgan fingerprint density at radius 1 is 1.14 bits per heavy atom. The average molecular weight is 482 g/mol. The molecule has 0 radical (unpaired) electrons. The molecule has 1 atom stereocenters. The Balaban J connectivity index is 1.25. The number of hydrogen-bond acceptors (Lipinski definition) is 5. The van der Waals surface area contributed by atoms with E-state index in [0.29, 0.717) is 11.5 Å². The lowest BCUT2D eigenvalue weighted by Crippen LogP contribution is -2.71. The Labute approximate surface area is 210 Å². The van der Waals surface area contributed by atoms with E-state index in [1.165, 1.54) is 12.1 Å². The Morgan fingerprint density at radius 2 is 1.97 bits per heavy atom. The van der Waals surface area contributed by atoms with Gasteiger partial charge in [0.15, 0.2) is 0 Å². The molecule has 7 heteroatoms. The normalized spacial score (nSPS) is 17.1. The lowest BCUT2D eigenvalue weighted by atomic mass is 9.82. The molecule has 2 aliphatic rings. The molecule has 2 aromatic carbocycles. The van der Waals surface area contributed by atoms with Gasteiger partial charge in [0.05, 0.1) is 41.7 Å². The quantitative estimate of drug-likeness (QED) is 0.383. The lowest BCUT2D eigenvalue weighted by molar-refractivity contribution is -0.0847. The van der Waals surface area contributed by atoms with Crippen LogP contribution in [-0.2, 0) is 4.74 Å². The van der Waals surface area contributed by atoms with Crippen LogP contribution in [0.5, 0.6) is 0 Å². The highest BCUT2D eigenvalue weighted by molar-refractivity contribution is 6.01. The number of nitrogens with zero attached hydrogens (tertiary/aromatic N) is 3. The van der Waals surface area contributed by atoms with Crippen LogP contribution < -0.4 is 10.2 Å². The maximum atomic E-state index is 13.3. The second-order valence-corrected chi connectivity index (χ2v) is 10.4. The molecule has 2 N–H and O–H groups in total. The number of carbonyl (C=O) groups excluding carboxylic acids is 1. The highest BCUT2D eigenvalue weighted by Crippen LogP contribution is 2.41. The number of hydrogen-bond donors (Lipinski definition) is 2. The van der Waals surface area contributed by atoms with Gasteiger partial charge in [0.25, 0.3) is 5.91 Å². The van der Waals surface area contributed by atoms with Crippen LogP contribution in [0.3, 0.4) is 0 Å². The number of amides is 1. The minimum absolute atomic E-state index is 0.110. The molecule has 36 heavy (non-hydrogen) atoms. The zero-order chi connectivity index (χ0) is 24.7. The lowest BCUT2D eigenvalue weighted by Gasteiger charge is -2.58. The first kappa shape index (κ1) is 22.7. The summed E-state index contributed by atoms with van der Waals surface area (Å²) in [5.74, 6) is 0.313. The van der Waals surface area contributed by atoms with E-state index < -0.39 is 0 Å². The summed E-state index contributed by atoms with van der Waals surface area (Å²) in [6.07, 6.45) is 3.78. The summed E-state index contributed by atoms with van der Waals surface area (Å²) in [6.45, 7) is 7.02. The molecule has 4 aromatic rings. The van der Waals surface area contributed by atoms with Crippen molar-refractivity contribution < 1.29 is 9.53 Å². The van der Waals surface area contributed by atoms with Crippen LogP contribution in [0.15, 0.2) is 66.9 Å². The summed E-state index contributed by atoms with van der Waals surface area (Å²) >= 11 is 0. The number of nitrogens with one attached hydrogen (secondary N) is 2. The highest BCUT2D eigenvalue weighted by Gasteiger charge is 2.50. The first-order valence-corrected chi connectivity index (χ1v) is 12.7. The predicted molar refractivity (Wildman–Crippen MR) is 141 cm³/mol. The predicted octanol–water partition coefficient (Wildman–Crippen LogP) is 5.12. The van der Waals surface area contributed by atoms with Crippen LogP contribution in [0.1, 0.15) is 48.8 Å². The van der Waals surface area contributed by atoms with Crippen LogP contribution in [-0.4, -0.2) is 46.4 Å². The standard InChI is InChI=1S/C29H31N5O2/c1-19(2)15-26(25-5-3-4-13-30-25)31-28(35)21-8-11-24-23(16-21)27(33-32-24)20-6-9-22(10-7-20)34-14-12-29(34)17-36-18-29/h3-11,13,16,19,26H,12,14-15,17-18H2,1-2H3,(H,31,35)(H,32,33)/t26-/m0/s1. The largest absolute Gasteiger partial charge is 0.376 e. The van der Waals surface area contributed by atoms with Gasteiger partial charge in [-0.05, 0) is 61.2 Å². The van der Waals surface area contributed by atoms with Gasteiger partial charge in [-0.15, -0.1) is 0 Å². The van der Waals surface area contributed by atoms with E-state index in [0.717, 1.165) is 54.0 Å². The fourth-order valence-corrected chi connectivity index (χ4v) is 5.30. The van der Waals surface area contributed by atoms with Gasteiger partial charge < -0.3 is 15.0 Å². The molecule has 0 saturated carbocycles. The van der Waals surface area contributed by atoms with Crippen LogP contribution in [0.2, 0.25) is 0 Å². The minimum Gasteiger partial charge on any atom is -0.376 e. The molecular weight excluding hydrogens is 450 g/mol. The Kier molecular flexibility index (Phi) is 5.72. The molecule has 2 aliphatic heterocycles. The number of aromatic nitrogens is 3. The summed E-state index contributed by atoms with van der Waals surface area (Å²) in [4.78, 5) is 20.2. The molecule has 0 aliphatic carbocycles. The van der Waals surface area contributed by atoms with Crippen molar-refractivity contribution in [2.24, 2.45) is 5.92 Å². The number of aromatic amines is 1. The molecule has 1 amide bonds. The number of pyridine rings is 1. The zero-order valence-corrected chi connectivity index (χ0v) is 20.7. The number of benzene rings is 2. The Bertz CT molecular complexity index is 1370. The molecule has 6 rings (SSSR count). The van der Waals surface area contributed by atoms with E-state index in [1.54, 1.807) is 6.20 Å². The molecule has 2 aromatic heterocycles. The molecular formula is C29H31N5O2. The minimum atomic E-state index is -0.142. The van der Waals surface area contributed by atoms with E-state index in [1.807, 2.05) is 36.4 Å². The van der Waals surface area contributed by atoms with Crippen molar-refractivity contribution in [3.8, 4) is 11.3 Å². The van der Waals surface area contributed by atoms with Gasteiger partial charge in [0, 0.05) is 34.9 Å². The van der Waals surface area contributed by atoms with Crippen LogP contribution in [0.4, 0.5) is 5.69 Å². The van der Waals surface area contributed by atoms with E-state index in [4.69, 9.17) is 4.74 Å². The van der Waals surface area contributed by atoms with Gasteiger partial charge in [-0.2, -0.15) is 5.10 Å². The Morgan fingerprint density at radius 3 is 2.61 bits per heavy atom. The SMILES string of the molecule is CC(C)C[C@H](NC(=O)c1ccc2[nH]nc(-c3ccc(N4CCC45COC5)cc3)c2c1)c1ccccn1. The summed E-state index contributed by atoms with van der Waals surface area (Å²) < 4.78 is 5.47. The Hall–Kier alpha value is -3.71. The summed E-state index contributed by atoms with van der Waals surface area (Å²) in [5, 5.41) is 11.8. The number of anilines is 1. The molecule has 0 unspecified atom stereocenters. The van der Waals surface area contributed by atoms with Crippen LogP contribution in [0, 0.1) is 5.92 Å². The van der Waals surface area contributed by atoms with Crippen molar-refractivity contribution in [2.75, 3.05) is 24.7 Å². The van der Waals surface area contributed by atoms with Crippen LogP contribution >= 0.6 is 0 Å². The van der Waals surface area contributed by atoms with Crippen molar-refractivity contribution in [3.05, 3.63) is 78.1 Å². The third-order valence-corrected chi connectivity index (χ3v) is 7.45. The number of fused-ring (bicyclic) bond motifs is 1. The van der Waals surface area contributed by atoms with Crippen molar-refractivity contribution in [1.82, 2.24) is 20.5 Å². The van der Waals surface area contributed by atoms with E-state index >= 15 is 0 Å².